The molecule has 2 atom stereocenters. The molecule has 1 amide bonds. The first-order valence-corrected chi connectivity index (χ1v) is 9.89. The van der Waals surface area contributed by atoms with Gasteiger partial charge in [0.05, 0.1) is 11.6 Å². The Balaban J connectivity index is 1.36. The Morgan fingerprint density at radius 2 is 2.07 bits per heavy atom. The van der Waals surface area contributed by atoms with E-state index in [0.717, 1.165) is 22.3 Å². The van der Waals surface area contributed by atoms with Crippen LogP contribution in [0.25, 0.3) is 16.6 Å². The van der Waals surface area contributed by atoms with Gasteiger partial charge in [0.25, 0.3) is 11.5 Å². The van der Waals surface area contributed by atoms with Crippen molar-refractivity contribution < 1.29 is 9.90 Å². The molecule has 5 rings (SSSR count). The van der Waals surface area contributed by atoms with Crippen LogP contribution in [0.4, 0.5) is 0 Å². The fraction of sp³-hybridized carbons (Fsp3) is 0.273. The summed E-state index contributed by atoms with van der Waals surface area (Å²) in [5.41, 5.74) is 2.58. The minimum absolute atomic E-state index is 0.00831. The maximum Gasteiger partial charge on any atom is 0.285 e. The molecule has 0 unspecified atom stereocenters. The van der Waals surface area contributed by atoms with Crippen molar-refractivity contribution in [1.29, 1.82) is 0 Å². The Morgan fingerprint density at radius 1 is 1.23 bits per heavy atom. The zero-order chi connectivity index (χ0) is 20.8. The number of rotatable bonds is 3. The summed E-state index contributed by atoms with van der Waals surface area (Å²) < 4.78 is 1.27. The predicted octanol–water partition coefficient (Wildman–Crippen LogP) is 1.55. The average molecular weight is 403 g/mol. The van der Waals surface area contributed by atoms with Gasteiger partial charge in [0.1, 0.15) is 5.56 Å². The Labute approximate surface area is 171 Å². The summed E-state index contributed by atoms with van der Waals surface area (Å²) in [6.45, 7) is 2.36. The van der Waals surface area contributed by atoms with E-state index in [1.807, 2.05) is 43.3 Å². The standard InChI is InChI=1S/C22H21N5O3/c1-13-8-20-23-10-17(22(30)27(20)25-13)21(29)26-11-15(19(28)12-26)9-16-7-6-14-4-2-3-5-18(14)24-16/h2-8,10,15,19,25,28H,9,11-12H2,1H3/t15-,19-/m1/s1. The summed E-state index contributed by atoms with van der Waals surface area (Å²) in [7, 11) is 0. The molecule has 152 valence electrons. The third-order valence-electron chi connectivity index (χ3n) is 5.67. The van der Waals surface area contributed by atoms with Gasteiger partial charge in [0.15, 0.2) is 5.65 Å². The summed E-state index contributed by atoms with van der Waals surface area (Å²) in [6, 6.07) is 13.6. The van der Waals surface area contributed by atoms with Gasteiger partial charge >= 0.3 is 0 Å². The van der Waals surface area contributed by atoms with Gasteiger partial charge in [-0.25, -0.2) is 9.50 Å². The molecule has 8 heteroatoms. The Kier molecular flexibility index (Phi) is 4.36. The van der Waals surface area contributed by atoms with E-state index in [1.54, 1.807) is 6.07 Å². The van der Waals surface area contributed by atoms with Crippen LogP contribution in [-0.2, 0) is 6.42 Å². The van der Waals surface area contributed by atoms with Crippen molar-refractivity contribution in [2.45, 2.75) is 19.4 Å². The topological polar surface area (TPSA) is 104 Å². The van der Waals surface area contributed by atoms with E-state index < -0.39 is 17.6 Å². The molecule has 1 aromatic carbocycles. The monoisotopic (exact) mass is 403 g/mol. The van der Waals surface area contributed by atoms with Crippen LogP contribution in [0, 0.1) is 12.8 Å². The number of H-pyrrole nitrogens is 1. The quantitative estimate of drug-likeness (QED) is 0.540. The molecular weight excluding hydrogens is 382 g/mol. The number of hydrogen-bond acceptors (Lipinski definition) is 5. The number of likely N-dealkylation sites (tertiary alicyclic amines) is 1. The minimum atomic E-state index is -0.672. The summed E-state index contributed by atoms with van der Waals surface area (Å²) in [6.07, 6.45) is 1.20. The molecule has 1 aliphatic rings. The lowest BCUT2D eigenvalue weighted by molar-refractivity contribution is 0.0762. The third kappa shape index (κ3) is 3.15. The van der Waals surface area contributed by atoms with Crippen LogP contribution in [0.3, 0.4) is 0 Å². The van der Waals surface area contributed by atoms with Crippen molar-refractivity contribution in [3.8, 4) is 0 Å². The van der Waals surface area contributed by atoms with Crippen molar-refractivity contribution in [3.05, 3.63) is 76.0 Å². The normalized spacial score (nSPS) is 19.1. The van der Waals surface area contributed by atoms with Crippen LogP contribution in [0.2, 0.25) is 0 Å². The summed E-state index contributed by atoms with van der Waals surface area (Å²) in [5.74, 6) is -0.558. The maximum absolute atomic E-state index is 13.0. The number of amides is 1. The Bertz CT molecular complexity index is 1330. The first-order valence-electron chi connectivity index (χ1n) is 9.89. The zero-order valence-corrected chi connectivity index (χ0v) is 16.4. The number of aliphatic hydroxyl groups is 1. The highest BCUT2D eigenvalue weighted by atomic mass is 16.3. The highest BCUT2D eigenvalue weighted by Gasteiger charge is 2.35. The number of fused-ring (bicyclic) bond motifs is 2. The number of aryl methyl sites for hydroxylation is 1. The molecule has 0 saturated carbocycles. The Hall–Kier alpha value is -3.52. The molecule has 8 nitrogen and oxygen atoms in total. The average Bonchev–Trinajstić information content (AvgIpc) is 3.30. The van der Waals surface area contributed by atoms with Gasteiger partial charge in [-0.05, 0) is 25.5 Å². The maximum atomic E-state index is 13.0. The first kappa shape index (κ1) is 18.5. The van der Waals surface area contributed by atoms with Gasteiger partial charge in [-0.1, -0.05) is 24.3 Å². The van der Waals surface area contributed by atoms with Crippen LogP contribution >= 0.6 is 0 Å². The van der Waals surface area contributed by atoms with Gasteiger partial charge in [-0.2, -0.15) is 0 Å². The van der Waals surface area contributed by atoms with Crippen molar-refractivity contribution in [2.24, 2.45) is 5.92 Å². The molecule has 0 spiro atoms. The molecule has 1 saturated heterocycles. The molecule has 3 aromatic heterocycles. The van der Waals surface area contributed by atoms with E-state index in [4.69, 9.17) is 0 Å². The zero-order valence-electron chi connectivity index (χ0n) is 16.4. The number of nitrogens with zero attached hydrogens (tertiary/aromatic N) is 4. The summed E-state index contributed by atoms with van der Waals surface area (Å²) in [5, 5.41) is 14.5. The minimum Gasteiger partial charge on any atom is -0.391 e. The van der Waals surface area contributed by atoms with E-state index in [-0.39, 0.29) is 18.0 Å². The summed E-state index contributed by atoms with van der Waals surface area (Å²) >= 11 is 0. The number of aliphatic hydroxyl groups excluding tert-OH is 1. The van der Waals surface area contributed by atoms with Crippen LogP contribution in [0.1, 0.15) is 21.7 Å². The van der Waals surface area contributed by atoms with Gasteiger partial charge in [-0.15, -0.1) is 0 Å². The lowest BCUT2D eigenvalue weighted by Crippen LogP contribution is -2.35. The lowest BCUT2D eigenvalue weighted by atomic mass is 9.99. The second kappa shape index (κ2) is 7.07. The number of para-hydroxylation sites is 1. The van der Waals surface area contributed by atoms with Gasteiger partial charge in [-0.3, -0.25) is 19.7 Å². The van der Waals surface area contributed by atoms with Crippen molar-refractivity contribution >= 4 is 22.5 Å². The number of carbonyl (C=O) groups excluding carboxylic acids is 1. The SMILES string of the molecule is Cc1cc2ncc(C(=O)N3C[C@@H](Cc4ccc5ccccc5n4)[C@H](O)C3)c(=O)n2[nH]1. The molecule has 1 aliphatic heterocycles. The number of nitrogens with one attached hydrogen (secondary N) is 1. The largest absolute Gasteiger partial charge is 0.391 e. The first-order chi connectivity index (χ1) is 14.5. The van der Waals surface area contributed by atoms with Crippen molar-refractivity contribution in [1.82, 2.24) is 24.5 Å². The van der Waals surface area contributed by atoms with E-state index in [1.165, 1.54) is 15.6 Å². The van der Waals surface area contributed by atoms with Crippen LogP contribution in [-0.4, -0.2) is 54.7 Å². The molecule has 0 aliphatic carbocycles. The van der Waals surface area contributed by atoms with E-state index >= 15 is 0 Å². The fourth-order valence-electron chi connectivity index (χ4n) is 4.11. The summed E-state index contributed by atoms with van der Waals surface area (Å²) in [4.78, 5) is 36.1. The van der Waals surface area contributed by atoms with E-state index in [9.17, 15) is 14.7 Å². The molecule has 2 N–H and O–H groups in total. The number of benzene rings is 1. The Morgan fingerprint density at radius 3 is 2.93 bits per heavy atom. The van der Waals surface area contributed by atoms with Crippen molar-refractivity contribution in [3.63, 3.8) is 0 Å². The number of pyridine rings is 1. The third-order valence-corrected chi connectivity index (χ3v) is 5.67. The molecule has 4 aromatic rings. The highest BCUT2D eigenvalue weighted by molar-refractivity contribution is 5.94. The smallest absolute Gasteiger partial charge is 0.285 e. The molecule has 0 bridgehead atoms. The number of β-amino-alcohol motifs (C(OH)–C–C–N with tert-alkyl or cyclic N) is 1. The number of hydrogen-bond donors (Lipinski definition) is 2. The van der Waals surface area contributed by atoms with Gasteiger partial charge in [0, 0.05) is 48.0 Å². The van der Waals surface area contributed by atoms with Gasteiger partial charge < -0.3 is 10.0 Å². The fourth-order valence-corrected chi connectivity index (χ4v) is 4.11. The second-order valence-corrected chi connectivity index (χ2v) is 7.85. The molecule has 4 heterocycles. The number of aromatic nitrogens is 4. The molecule has 0 radical (unpaired) electrons. The van der Waals surface area contributed by atoms with Crippen molar-refractivity contribution in [2.75, 3.05) is 13.1 Å². The molecular formula is C22H21N5O3. The highest BCUT2D eigenvalue weighted by Crippen LogP contribution is 2.23. The molecule has 30 heavy (non-hydrogen) atoms. The number of aromatic amines is 1. The van der Waals surface area contributed by atoms with Gasteiger partial charge in [0.2, 0.25) is 0 Å². The van der Waals surface area contributed by atoms with Crippen LogP contribution in [0.15, 0.2) is 53.5 Å². The van der Waals surface area contributed by atoms with Crippen LogP contribution < -0.4 is 5.56 Å². The second-order valence-electron chi connectivity index (χ2n) is 7.85. The predicted molar refractivity (Wildman–Crippen MR) is 111 cm³/mol. The van der Waals surface area contributed by atoms with E-state index in [0.29, 0.717) is 18.6 Å². The number of carbonyl (C=O) groups is 1. The molecule has 1 fully saturated rings. The van der Waals surface area contributed by atoms with E-state index in [2.05, 4.69) is 15.1 Å². The van der Waals surface area contributed by atoms with Crippen LogP contribution in [0.5, 0.6) is 0 Å². The lowest BCUT2D eigenvalue weighted by Gasteiger charge is -2.15.